The molecule has 7 heteroatoms. The van der Waals surface area contributed by atoms with Gasteiger partial charge in [-0.2, -0.15) is 0 Å². The molecule has 1 amide bonds. The van der Waals surface area contributed by atoms with Crippen LogP contribution in [0.1, 0.15) is 64.9 Å². The summed E-state index contributed by atoms with van der Waals surface area (Å²) >= 11 is 0. The minimum absolute atomic E-state index is 0. The van der Waals surface area contributed by atoms with Crippen LogP contribution in [0.15, 0.2) is 29.3 Å². The van der Waals surface area contributed by atoms with Gasteiger partial charge in [-0.25, -0.2) is 4.99 Å². The highest BCUT2D eigenvalue weighted by atomic mass is 127. The molecular formula is C24H39IN4O2. The number of carbonyl (C=O) groups is 1. The normalized spacial score (nSPS) is 21.2. The number of halogens is 1. The third-order valence-electron chi connectivity index (χ3n) is 5.71. The Hall–Kier alpha value is -1.51. The maximum absolute atomic E-state index is 12.4. The Morgan fingerprint density at radius 2 is 1.97 bits per heavy atom. The van der Waals surface area contributed by atoms with Gasteiger partial charge in [-0.15, -0.1) is 24.0 Å². The Labute approximate surface area is 204 Å². The molecule has 31 heavy (non-hydrogen) atoms. The second-order valence-corrected chi connectivity index (χ2v) is 8.93. The van der Waals surface area contributed by atoms with E-state index in [0.717, 1.165) is 62.0 Å². The molecule has 2 saturated carbocycles. The lowest BCUT2D eigenvalue weighted by Gasteiger charge is -2.30. The van der Waals surface area contributed by atoms with Crippen molar-refractivity contribution in [2.75, 3.05) is 13.2 Å². The van der Waals surface area contributed by atoms with Gasteiger partial charge in [-0.3, -0.25) is 4.79 Å². The van der Waals surface area contributed by atoms with Crippen LogP contribution in [0.25, 0.3) is 0 Å². The van der Waals surface area contributed by atoms with Crippen LogP contribution in [-0.2, 0) is 11.3 Å². The first kappa shape index (κ1) is 25.7. The molecule has 2 aliphatic carbocycles. The number of guanidine groups is 1. The first-order valence-corrected chi connectivity index (χ1v) is 11.6. The Morgan fingerprint density at radius 1 is 1.19 bits per heavy atom. The molecule has 1 aromatic carbocycles. The van der Waals surface area contributed by atoms with Crippen LogP contribution < -0.4 is 20.7 Å². The number of hydrogen-bond donors (Lipinski definition) is 3. The maximum Gasteiger partial charge on any atom is 0.223 e. The predicted octanol–water partition coefficient (Wildman–Crippen LogP) is 4.23. The summed E-state index contributed by atoms with van der Waals surface area (Å²) in [5.74, 6) is 2.74. The predicted molar refractivity (Wildman–Crippen MR) is 137 cm³/mol. The molecule has 0 bridgehead atoms. The smallest absolute Gasteiger partial charge is 0.223 e. The number of rotatable bonds is 9. The van der Waals surface area contributed by atoms with Gasteiger partial charge in [0.2, 0.25) is 5.91 Å². The van der Waals surface area contributed by atoms with E-state index in [2.05, 4.69) is 28.9 Å². The van der Waals surface area contributed by atoms with Crippen molar-refractivity contribution in [3.8, 4) is 5.75 Å². The monoisotopic (exact) mass is 542 g/mol. The van der Waals surface area contributed by atoms with Crippen molar-refractivity contribution in [2.24, 2.45) is 16.8 Å². The van der Waals surface area contributed by atoms with Crippen LogP contribution in [0.3, 0.4) is 0 Å². The summed E-state index contributed by atoms with van der Waals surface area (Å²) in [5, 5.41) is 9.98. The molecule has 0 aliphatic heterocycles. The number of amides is 1. The summed E-state index contributed by atoms with van der Waals surface area (Å²) in [4.78, 5) is 17.2. The summed E-state index contributed by atoms with van der Waals surface area (Å²) < 4.78 is 6.02. The number of para-hydroxylation sites is 1. The molecule has 3 N–H and O–H groups in total. The van der Waals surface area contributed by atoms with Crippen LogP contribution in [0.5, 0.6) is 5.75 Å². The van der Waals surface area contributed by atoms with E-state index in [0.29, 0.717) is 6.54 Å². The van der Waals surface area contributed by atoms with E-state index >= 15 is 0 Å². The highest BCUT2D eigenvalue weighted by Gasteiger charge is 2.28. The molecule has 2 unspecified atom stereocenters. The van der Waals surface area contributed by atoms with E-state index in [1.165, 1.54) is 12.8 Å². The van der Waals surface area contributed by atoms with E-state index in [4.69, 9.17) is 9.73 Å². The zero-order valence-corrected chi connectivity index (χ0v) is 21.5. The van der Waals surface area contributed by atoms with Gasteiger partial charge >= 0.3 is 0 Å². The quantitative estimate of drug-likeness (QED) is 0.248. The number of carbonyl (C=O) groups excluding carboxylic acids is 1. The number of nitrogens with zero attached hydrogens (tertiary/aromatic N) is 1. The molecule has 3 rings (SSSR count). The average molecular weight is 543 g/mol. The van der Waals surface area contributed by atoms with E-state index < -0.39 is 0 Å². The molecule has 0 saturated heterocycles. The van der Waals surface area contributed by atoms with Crippen molar-refractivity contribution in [2.45, 2.75) is 77.9 Å². The summed E-state index contributed by atoms with van der Waals surface area (Å²) in [5.41, 5.74) is 1.10. The largest absolute Gasteiger partial charge is 0.493 e. The fourth-order valence-electron chi connectivity index (χ4n) is 3.91. The van der Waals surface area contributed by atoms with Crippen LogP contribution in [0.2, 0.25) is 0 Å². The molecule has 1 aromatic rings. The first-order chi connectivity index (χ1) is 14.5. The second kappa shape index (κ2) is 13.1. The molecular weight excluding hydrogens is 503 g/mol. The van der Waals surface area contributed by atoms with Gasteiger partial charge in [0.25, 0.3) is 0 Å². The molecule has 0 radical (unpaired) electrons. The Kier molecular flexibility index (Phi) is 10.9. The highest BCUT2D eigenvalue weighted by Crippen LogP contribution is 2.30. The van der Waals surface area contributed by atoms with Gasteiger partial charge in [0, 0.05) is 30.1 Å². The Balaban J connectivity index is 0.00000341. The summed E-state index contributed by atoms with van der Waals surface area (Å²) in [6.45, 7) is 8.28. The average Bonchev–Trinajstić information content (AvgIpc) is 3.55. The lowest BCUT2D eigenvalue weighted by atomic mass is 9.85. The van der Waals surface area contributed by atoms with Crippen molar-refractivity contribution >= 4 is 35.8 Å². The van der Waals surface area contributed by atoms with Crippen LogP contribution >= 0.6 is 24.0 Å². The first-order valence-electron chi connectivity index (χ1n) is 11.6. The van der Waals surface area contributed by atoms with Gasteiger partial charge in [0.05, 0.1) is 13.2 Å². The Bertz CT molecular complexity index is 721. The topological polar surface area (TPSA) is 74.8 Å². The lowest BCUT2D eigenvalue weighted by Crippen LogP contribution is -2.47. The molecule has 6 nitrogen and oxygen atoms in total. The maximum atomic E-state index is 12.4. The third-order valence-corrected chi connectivity index (χ3v) is 5.71. The molecule has 2 aliphatic rings. The number of hydrogen-bond acceptors (Lipinski definition) is 3. The number of ether oxygens (including phenoxy) is 1. The lowest BCUT2D eigenvalue weighted by molar-refractivity contribution is -0.126. The molecule has 2 atom stereocenters. The highest BCUT2D eigenvalue weighted by molar-refractivity contribution is 14.0. The molecule has 2 fully saturated rings. The summed E-state index contributed by atoms with van der Waals surface area (Å²) in [6, 6.07) is 8.62. The molecule has 0 spiro atoms. The fraction of sp³-hybridized carbons (Fsp3) is 0.667. The van der Waals surface area contributed by atoms with E-state index in [1.807, 2.05) is 32.0 Å². The van der Waals surface area contributed by atoms with Gasteiger partial charge in [-0.05, 0) is 64.9 Å². The standard InChI is InChI=1S/C24H38N4O2.HI/c1-4-25-24(28-21-10-7-9-19(14-21)23(29)27-17(2)3)26-15-20-8-5-6-11-22(20)30-16-18-12-13-18;/h5-6,8,11,17-19,21H,4,7,9-10,12-16H2,1-3H3,(H,27,29)(H2,25,26,28);1H. The van der Waals surface area contributed by atoms with Gasteiger partial charge in [0.15, 0.2) is 5.96 Å². The number of benzene rings is 1. The summed E-state index contributed by atoms with van der Waals surface area (Å²) in [7, 11) is 0. The number of nitrogens with one attached hydrogen (secondary N) is 3. The second-order valence-electron chi connectivity index (χ2n) is 8.93. The van der Waals surface area contributed by atoms with Crippen molar-refractivity contribution < 1.29 is 9.53 Å². The zero-order chi connectivity index (χ0) is 21.3. The minimum atomic E-state index is 0. The van der Waals surface area contributed by atoms with E-state index in [9.17, 15) is 4.79 Å². The van der Waals surface area contributed by atoms with Gasteiger partial charge < -0.3 is 20.7 Å². The SMILES string of the molecule is CCNC(=NCc1ccccc1OCC1CC1)NC1CCCC(C(=O)NC(C)C)C1.I. The molecule has 174 valence electrons. The van der Waals surface area contributed by atoms with Crippen LogP contribution in [0, 0.1) is 11.8 Å². The van der Waals surface area contributed by atoms with Gasteiger partial charge in [-0.1, -0.05) is 24.6 Å². The molecule has 0 heterocycles. The Morgan fingerprint density at radius 3 is 2.68 bits per heavy atom. The van der Waals surface area contributed by atoms with E-state index in [1.54, 1.807) is 0 Å². The third kappa shape index (κ3) is 8.86. The number of aliphatic imine (C=N–C) groups is 1. The van der Waals surface area contributed by atoms with Crippen LogP contribution in [-0.4, -0.2) is 37.1 Å². The zero-order valence-electron chi connectivity index (χ0n) is 19.2. The van der Waals surface area contributed by atoms with Crippen molar-refractivity contribution in [1.82, 2.24) is 16.0 Å². The van der Waals surface area contributed by atoms with Crippen LogP contribution in [0.4, 0.5) is 0 Å². The van der Waals surface area contributed by atoms with Gasteiger partial charge in [0.1, 0.15) is 5.75 Å². The van der Waals surface area contributed by atoms with Crippen molar-refractivity contribution in [1.29, 1.82) is 0 Å². The van der Waals surface area contributed by atoms with Crippen molar-refractivity contribution in [3.63, 3.8) is 0 Å². The molecule has 0 aromatic heterocycles. The fourth-order valence-corrected chi connectivity index (χ4v) is 3.91. The summed E-state index contributed by atoms with van der Waals surface area (Å²) in [6.07, 6.45) is 6.51. The van der Waals surface area contributed by atoms with E-state index in [-0.39, 0.29) is 47.9 Å². The minimum Gasteiger partial charge on any atom is -0.493 e. The van der Waals surface area contributed by atoms with Crippen molar-refractivity contribution in [3.05, 3.63) is 29.8 Å².